The predicted molar refractivity (Wildman–Crippen MR) is 115 cm³/mol. The van der Waals surface area contributed by atoms with E-state index in [1.54, 1.807) is 12.1 Å². The van der Waals surface area contributed by atoms with Crippen LogP contribution in [0.3, 0.4) is 0 Å². The number of benzene rings is 2. The molecular formula is C22H10N10O2. The van der Waals surface area contributed by atoms with Crippen LogP contribution in [0, 0.1) is 0 Å². The van der Waals surface area contributed by atoms with E-state index < -0.39 is 0 Å². The summed E-state index contributed by atoms with van der Waals surface area (Å²) in [6.07, 6.45) is 2.72. The minimum atomic E-state index is -0.111. The van der Waals surface area contributed by atoms with E-state index in [1.165, 1.54) is 21.9 Å². The Labute approximate surface area is 189 Å². The molecule has 0 spiro atoms. The smallest absolute Gasteiger partial charge is 0.271 e. The largest absolute Gasteiger partial charge is 0.287 e. The lowest BCUT2D eigenvalue weighted by atomic mass is 10.1. The fourth-order valence-electron chi connectivity index (χ4n) is 4.05. The van der Waals surface area contributed by atoms with Gasteiger partial charge in [-0.05, 0) is 0 Å². The number of carbonyl (C=O) groups excluding carboxylic acids is 2. The number of fused-ring (bicyclic) bond motifs is 8. The first-order chi connectivity index (χ1) is 16.7. The minimum absolute atomic E-state index is 0.103. The second kappa shape index (κ2) is 6.62. The van der Waals surface area contributed by atoms with Crippen molar-refractivity contribution in [3.63, 3.8) is 0 Å². The molecule has 0 N–H and O–H groups in total. The van der Waals surface area contributed by atoms with Crippen LogP contribution in [-0.2, 0) is 0 Å². The number of carbonyl (C=O) groups is 2. The summed E-state index contributed by atoms with van der Waals surface area (Å²) < 4.78 is 2.59. The average Bonchev–Trinajstić information content (AvgIpc) is 3.64. The predicted octanol–water partition coefficient (Wildman–Crippen LogP) is 1.46. The maximum atomic E-state index is 12.1. The second-order valence-corrected chi connectivity index (χ2v) is 7.47. The fourth-order valence-corrected chi connectivity index (χ4v) is 4.05. The molecule has 2 aliphatic carbocycles. The lowest BCUT2D eigenvalue weighted by molar-refractivity contribution is 0.103. The van der Waals surface area contributed by atoms with Crippen LogP contribution in [0.2, 0.25) is 0 Å². The number of hydrogen-bond donors (Lipinski definition) is 0. The molecule has 0 unspecified atom stereocenters. The number of hydrogen-bond acceptors (Lipinski definition) is 10. The molecule has 0 fully saturated rings. The maximum absolute atomic E-state index is 12.1. The molecule has 0 saturated heterocycles. The van der Waals surface area contributed by atoms with Crippen molar-refractivity contribution in [2.75, 3.05) is 0 Å². The van der Waals surface area contributed by atoms with Crippen LogP contribution in [-0.4, -0.2) is 61.2 Å². The van der Waals surface area contributed by atoms with Crippen molar-refractivity contribution in [1.29, 1.82) is 0 Å². The van der Waals surface area contributed by atoms with Gasteiger partial charge in [0.25, 0.3) is 11.6 Å². The number of aromatic nitrogens is 10. The van der Waals surface area contributed by atoms with Gasteiger partial charge in [-0.15, -0.1) is 29.7 Å². The highest BCUT2D eigenvalue weighted by Gasteiger charge is 2.31. The quantitative estimate of drug-likeness (QED) is 0.335. The van der Waals surface area contributed by atoms with Crippen molar-refractivity contribution in [2.24, 2.45) is 0 Å². The zero-order valence-corrected chi connectivity index (χ0v) is 17.1. The Morgan fingerprint density at radius 1 is 0.529 bits per heavy atom. The molecule has 4 aromatic heterocycles. The van der Waals surface area contributed by atoms with Crippen LogP contribution in [0.25, 0.3) is 34.1 Å². The van der Waals surface area contributed by atoms with Gasteiger partial charge < -0.3 is 0 Å². The molecule has 0 bridgehead atoms. The summed E-state index contributed by atoms with van der Waals surface area (Å²) in [5.41, 5.74) is 4.74. The third-order valence-electron chi connectivity index (χ3n) is 5.57. The summed E-state index contributed by atoms with van der Waals surface area (Å²) in [7, 11) is 0. The maximum Gasteiger partial charge on any atom is 0.271 e. The van der Waals surface area contributed by atoms with Gasteiger partial charge in [0.15, 0.2) is 5.69 Å². The van der Waals surface area contributed by atoms with E-state index >= 15 is 0 Å². The molecule has 160 valence electrons. The van der Waals surface area contributed by atoms with Crippen molar-refractivity contribution >= 4 is 23.1 Å². The highest BCUT2D eigenvalue weighted by Crippen LogP contribution is 2.34. The van der Waals surface area contributed by atoms with Crippen molar-refractivity contribution in [2.45, 2.75) is 0 Å². The summed E-state index contributed by atoms with van der Waals surface area (Å²) in [6, 6.07) is 14.7. The zero-order valence-electron chi connectivity index (χ0n) is 17.1. The third kappa shape index (κ3) is 2.47. The first kappa shape index (κ1) is 18.3. The van der Waals surface area contributed by atoms with Gasteiger partial charge in [-0.3, -0.25) is 9.59 Å². The normalized spacial score (nSPS) is 12.8. The van der Waals surface area contributed by atoms with Crippen LogP contribution in [0.1, 0.15) is 32.1 Å². The van der Waals surface area contributed by atoms with Crippen LogP contribution in [0.4, 0.5) is 0 Å². The SMILES string of the molecule is O=C1c2ccccc2-c2nc3ncnn3nc21.O=C1c2ccccc2-c2nn3ncnc3nc21. The van der Waals surface area contributed by atoms with Gasteiger partial charge in [-0.25, -0.2) is 9.97 Å². The molecular weight excluding hydrogens is 436 g/mol. The van der Waals surface area contributed by atoms with Crippen molar-refractivity contribution in [3.8, 4) is 22.5 Å². The number of rotatable bonds is 0. The average molecular weight is 446 g/mol. The highest BCUT2D eigenvalue weighted by molar-refractivity contribution is 6.20. The Morgan fingerprint density at radius 2 is 1.00 bits per heavy atom. The lowest BCUT2D eigenvalue weighted by Gasteiger charge is -1.97. The summed E-state index contributed by atoms with van der Waals surface area (Å²) in [6.45, 7) is 0. The summed E-state index contributed by atoms with van der Waals surface area (Å²) >= 11 is 0. The Bertz CT molecular complexity index is 1690. The fraction of sp³-hybridized carbons (Fsp3) is 0. The van der Waals surface area contributed by atoms with Crippen molar-refractivity contribution in [3.05, 3.63) is 83.7 Å². The van der Waals surface area contributed by atoms with Crippen LogP contribution in [0.15, 0.2) is 61.2 Å². The molecule has 0 radical (unpaired) electrons. The van der Waals surface area contributed by atoms with Gasteiger partial charge in [0.2, 0.25) is 11.6 Å². The van der Waals surface area contributed by atoms with E-state index in [-0.39, 0.29) is 11.6 Å². The summed E-state index contributed by atoms with van der Waals surface area (Å²) in [4.78, 5) is 40.6. The van der Waals surface area contributed by atoms with Crippen LogP contribution < -0.4 is 0 Å². The van der Waals surface area contributed by atoms with Crippen molar-refractivity contribution in [1.82, 2.24) is 49.6 Å². The second-order valence-electron chi connectivity index (χ2n) is 7.47. The molecule has 8 rings (SSSR count). The Morgan fingerprint density at radius 3 is 1.62 bits per heavy atom. The van der Waals surface area contributed by atoms with E-state index in [0.717, 1.165) is 11.1 Å². The van der Waals surface area contributed by atoms with E-state index in [2.05, 4.69) is 40.3 Å². The highest BCUT2D eigenvalue weighted by atomic mass is 16.1. The number of nitrogens with zero attached hydrogens (tertiary/aromatic N) is 10. The summed E-state index contributed by atoms with van der Waals surface area (Å²) in [5.74, 6) is 0.521. The molecule has 2 aromatic carbocycles. The van der Waals surface area contributed by atoms with E-state index in [4.69, 9.17) is 0 Å². The topological polar surface area (TPSA) is 146 Å². The molecule has 0 amide bonds. The Hall–Kier alpha value is -5.26. The van der Waals surface area contributed by atoms with E-state index in [0.29, 0.717) is 45.5 Å². The van der Waals surface area contributed by atoms with E-state index in [9.17, 15) is 9.59 Å². The monoisotopic (exact) mass is 446 g/mol. The first-order valence-electron chi connectivity index (χ1n) is 10.1. The summed E-state index contributed by atoms with van der Waals surface area (Å²) in [5, 5.41) is 16.2. The van der Waals surface area contributed by atoms with Gasteiger partial charge in [-0.2, -0.15) is 9.97 Å². The van der Waals surface area contributed by atoms with Crippen LogP contribution in [0.5, 0.6) is 0 Å². The molecule has 0 saturated carbocycles. The Balaban J connectivity index is 0.000000118. The molecule has 0 aliphatic heterocycles. The molecule has 6 aromatic rings. The zero-order chi connectivity index (χ0) is 22.8. The van der Waals surface area contributed by atoms with E-state index in [1.807, 2.05) is 36.4 Å². The molecule has 4 heterocycles. The van der Waals surface area contributed by atoms with Crippen LogP contribution >= 0.6 is 0 Å². The van der Waals surface area contributed by atoms with Gasteiger partial charge in [0.1, 0.15) is 29.7 Å². The van der Waals surface area contributed by atoms with Gasteiger partial charge in [0, 0.05) is 22.3 Å². The molecule has 12 heteroatoms. The Kier molecular flexibility index (Phi) is 3.57. The third-order valence-corrected chi connectivity index (χ3v) is 5.57. The number of ketones is 2. The molecule has 0 atom stereocenters. The van der Waals surface area contributed by atoms with Crippen molar-refractivity contribution < 1.29 is 9.59 Å². The molecule has 12 nitrogen and oxygen atoms in total. The standard InChI is InChI=1S/2C11H5N5O/c17-10-7-4-2-1-3-6(7)8-9(10)14-11-12-5-13-16(11)15-8;17-10-7-4-2-1-3-6(7)8-9(10)15-16-11(14-8)12-5-13-16/h2*1-5H. The minimum Gasteiger partial charge on any atom is -0.287 e. The van der Waals surface area contributed by atoms with Gasteiger partial charge in [-0.1, -0.05) is 48.5 Å². The lowest BCUT2D eigenvalue weighted by Crippen LogP contribution is -2.05. The van der Waals surface area contributed by atoms with Gasteiger partial charge in [0.05, 0.1) is 0 Å². The first-order valence-corrected chi connectivity index (χ1v) is 10.1. The van der Waals surface area contributed by atoms with Gasteiger partial charge >= 0.3 is 0 Å². The molecule has 34 heavy (non-hydrogen) atoms. The molecule has 2 aliphatic rings.